The molecule has 35 heavy (non-hydrogen) atoms. The van der Waals surface area contributed by atoms with Gasteiger partial charge in [-0.2, -0.15) is 0 Å². The Morgan fingerprint density at radius 1 is 0.943 bits per heavy atom. The van der Waals surface area contributed by atoms with Crippen LogP contribution in [0.4, 0.5) is 5.13 Å². The molecule has 0 saturated heterocycles. The van der Waals surface area contributed by atoms with Gasteiger partial charge in [-0.05, 0) is 22.9 Å². The topological polar surface area (TPSA) is 77.0 Å². The van der Waals surface area contributed by atoms with Gasteiger partial charge in [-0.3, -0.25) is 4.79 Å². The van der Waals surface area contributed by atoms with E-state index < -0.39 is 5.41 Å². The zero-order chi connectivity index (χ0) is 24.0. The number of nitrogens with zero attached hydrogens (tertiary/aromatic N) is 3. The van der Waals surface area contributed by atoms with E-state index in [-0.39, 0.29) is 11.8 Å². The van der Waals surface area contributed by atoms with E-state index in [1.807, 2.05) is 68.4 Å². The van der Waals surface area contributed by atoms with Crippen LogP contribution in [-0.2, 0) is 4.79 Å². The Balaban J connectivity index is 1.47. The number of ether oxygens (including phenoxy) is 1. The van der Waals surface area contributed by atoms with Gasteiger partial charge in [0.1, 0.15) is 11.3 Å². The molecule has 3 heterocycles. The highest BCUT2D eigenvalue weighted by molar-refractivity contribution is 7.13. The highest BCUT2D eigenvalue weighted by Crippen LogP contribution is 2.52. The first-order valence-corrected chi connectivity index (χ1v) is 12.2. The van der Waals surface area contributed by atoms with E-state index in [1.54, 1.807) is 5.51 Å². The first kappa shape index (κ1) is 21.4. The number of amides is 1. The number of hydrogen-bond donors (Lipinski definition) is 1. The summed E-state index contributed by atoms with van der Waals surface area (Å²) in [4.78, 5) is 18.4. The third kappa shape index (κ3) is 3.65. The average Bonchev–Trinajstić information content (AvgIpc) is 3.39. The summed E-state index contributed by atoms with van der Waals surface area (Å²) in [7, 11) is 0. The molecule has 1 amide bonds. The average molecular weight is 479 g/mol. The standard InChI is InChI=1S/C28H22N4O2S/c1-28(2,26(33)31-27-32-29-16-35-27)24-20-11-5-6-13-23(20)34-25-21(24)14-15-22(30-25)19-12-7-9-17-8-3-4-10-18(17)19/h3-16,24H,1-2H3,(H,31,32,33)/t24-/m0/s1. The van der Waals surface area contributed by atoms with Gasteiger partial charge in [-0.25, -0.2) is 4.98 Å². The lowest BCUT2D eigenvalue weighted by Crippen LogP contribution is -2.38. The molecule has 0 spiro atoms. The van der Waals surface area contributed by atoms with Crippen LogP contribution < -0.4 is 10.1 Å². The zero-order valence-corrected chi connectivity index (χ0v) is 20.0. The minimum atomic E-state index is -0.817. The van der Waals surface area contributed by atoms with Gasteiger partial charge in [-0.15, -0.1) is 10.2 Å². The molecule has 3 aromatic carbocycles. The zero-order valence-electron chi connectivity index (χ0n) is 19.2. The van der Waals surface area contributed by atoms with Gasteiger partial charge in [0.05, 0.1) is 11.1 Å². The Morgan fingerprint density at radius 3 is 2.60 bits per heavy atom. The molecule has 0 fully saturated rings. The predicted molar refractivity (Wildman–Crippen MR) is 138 cm³/mol. The number of pyridine rings is 1. The minimum absolute atomic E-state index is 0.139. The fourth-order valence-corrected chi connectivity index (χ4v) is 5.27. The number of para-hydroxylation sites is 1. The van der Waals surface area contributed by atoms with E-state index in [0.29, 0.717) is 16.8 Å². The maximum Gasteiger partial charge on any atom is 0.232 e. The summed E-state index contributed by atoms with van der Waals surface area (Å²) in [5, 5.41) is 13.5. The molecule has 1 N–H and O–H groups in total. The fourth-order valence-electron chi connectivity index (χ4n) is 4.83. The number of rotatable bonds is 4. The van der Waals surface area contributed by atoms with E-state index in [4.69, 9.17) is 9.72 Å². The normalized spacial score (nSPS) is 14.6. The highest BCUT2D eigenvalue weighted by Gasteiger charge is 2.44. The third-order valence-corrected chi connectivity index (χ3v) is 7.20. The molecule has 0 unspecified atom stereocenters. The lowest BCUT2D eigenvalue weighted by Gasteiger charge is -2.37. The van der Waals surface area contributed by atoms with Gasteiger partial charge < -0.3 is 10.1 Å². The molecule has 6 nitrogen and oxygen atoms in total. The van der Waals surface area contributed by atoms with E-state index in [9.17, 15) is 4.79 Å². The summed E-state index contributed by atoms with van der Waals surface area (Å²) in [5.74, 6) is 0.838. The van der Waals surface area contributed by atoms with Gasteiger partial charge in [-0.1, -0.05) is 91.9 Å². The van der Waals surface area contributed by atoms with Crippen LogP contribution in [-0.4, -0.2) is 21.1 Å². The van der Waals surface area contributed by atoms with E-state index >= 15 is 0 Å². The van der Waals surface area contributed by atoms with Gasteiger partial charge in [0, 0.05) is 22.6 Å². The number of carbonyl (C=O) groups is 1. The largest absolute Gasteiger partial charge is 0.438 e. The van der Waals surface area contributed by atoms with Gasteiger partial charge in [0.15, 0.2) is 0 Å². The highest BCUT2D eigenvalue weighted by atomic mass is 32.1. The Kier molecular flexibility index (Phi) is 5.07. The first-order chi connectivity index (χ1) is 17.0. The van der Waals surface area contributed by atoms with Gasteiger partial charge in [0.2, 0.25) is 16.9 Å². The van der Waals surface area contributed by atoms with Crippen LogP contribution in [0, 0.1) is 5.41 Å². The Bertz CT molecular complexity index is 1560. The van der Waals surface area contributed by atoms with Crippen LogP contribution in [0.15, 0.2) is 84.4 Å². The number of aromatic nitrogens is 3. The lowest BCUT2D eigenvalue weighted by molar-refractivity contribution is -0.124. The number of hydrogen-bond acceptors (Lipinski definition) is 6. The van der Waals surface area contributed by atoms with Crippen LogP contribution in [0.25, 0.3) is 22.0 Å². The SMILES string of the molecule is CC(C)(C(=O)Nc1nncs1)[C@H]1c2ccccc2Oc2nc(-c3cccc4ccccc34)ccc21. The van der Waals surface area contributed by atoms with Crippen molar-refractivity contribution in [3.8, 4) is 22.9 Å². The van der Waals surface area contributed by atoms with E-state index in [0.717, 1.165) is 33.2 Å². The molecule has 1 aliphatic rings. The molecular weight excluding hydrogens is 456 g/mol. The van der Waals surface area contributed by atoms with Crippen molar-refractivity contribution in [2.75, 3.05) is 5.32 Å². The summed E-state index contributed by atoms with van der Waals surface area (Å²) >= 11 is 1.29. The van der Waals surface area contributed by atoms with E-state index in [2.05, 4.69) is 39.8 Å². The second kappa shape index (κ2) is 8.29. The molecule has 0 radical (unpaired) electrons. The maximum atomic E-state index is 13.5. The Hall–Kier alpha value is -4.10. The second-order valence-electron chi connectivity index (χ2n) is 9.11. The molecule has 172 valence electrons. The van der Waals surface area contributed by atoms with Crippen molar-refractivity contribution in [3.63, 3.8) is 0 Å². The molecular formula is C28H22N4O2S. The molecule has 0 aliphatic carbocycles. The van der Waals surface area contributed by atoms with Crippen molar-refractivity contribution < 1.29 is 9.53 Å². The third-order valence-electron chi connectivity index (χ3n) is 6.59. The monoisotopic (exact) mass is 478 g/mol. The van der Waals surface area contributed by atoms with Crippen LogP contribution >= 0.6 is 11.3 Å². The first-order valence-electron chi connectivity index (χ1n) is 11.4. The second-order valence-corrected chi connectivity index (χ2v) is 9.94. The smallest absolute Gasteiger partial charge is 0.232 e. The van der Waals surface area contributed by atoms with Crippen LogP contribution in [0.2, 0.25) is 0 Å². The number of carbonyl (C=O) groups excluding carboxylic acids is 1. The van der Waals surface area contributed by atoms with Crippen molar-refractivity contribution in [2.24, 2.45) is 5.41 Å². The molecule has 0 saturated carbocycles. The molecule has 1 aliphatic heterocycles. The van der Waals surface area contributed by atoms with Crippen molar-refractivity contribution >= 4 is 33.1 Å². The maximum absolute atomic E-state index is 13.5. The van der Waals surface area contributed by atoms with Crippen LogP contribution in [0.1, 0.15) is 30.9 Å². The fraction of sp³-hybridized carbons (Fsp3) is 0.143. The molecule has 2 aromatic heterocycles. The van der Waals surface area contributed by atoms with E-state index in [1.165, 1.54) is 11.3 Å². The summed E-state index contributed by atoms with van der Waals surface area (Å²) in [6.07, 6.45) is 0. The van der Waals surface area contributed by atoms with Crippen LogP contribution in [0.3, 0.4) is 0 Å². The van der Waals surface area contributed by atoms with Gasteiger partial charge in [0.25, 0.3) is 0 Å². The summed E-state index contributed by atoms with van der Waals surface area (Å²) < 4.78 is 6.30. The molecule has 0 bridgehead atoms. The van der Waals surface area contributed by atoms with Crippen molar-refractivity contribution in [1.29, 1.82) is 0 Å². The minimum Gasteiger partial charge on any atom is -0.438 e. The number of nitrogens with one attached hydrogen (secondary N) is 1. The number of benzene rings is 3. The summed E-state index contributed by atoms with van der Waals surface area (Å²) in [6, 6.07) is 26.4. The number of anilines is 1. The Labute approximate surface area is 206 Å². The van der Waals surface area contributed by atoms with Crippen molar-refractivity contribution in [1.82, 2.24) is 15.2 Å². The van der Waals surface area contributed by atoms with Gasteiger partial charge >= 0.3 is 0 Å². The summed E-state index contributed by atoms with van der Waals surface area (Å²) in [6.45, 7) is 3.89. The molecule has 5 aromatic rings. The molecule has 1 atom stereocenters. The molecule has 7 heteroatoms. The van der Waals surface area contributed by atoms with Crippen molar-refractivity contribution in [3.05, 3.63) is 95.5 Å². The van der Waals surface area contributed by atoms with Crippen molar-refractivity contribution in [2.45, 2.75) is 19.8 Å². The predicted octanol–water partition coefficient (Wildman–Crippen LogP) is 6.66. The molecule has 6 rings (SSSR count). The Morgan fingerprint density at radius 2 is 1.74 bits per heavy atom. The number of fused-ring (bicyclic) bond motifs is 3. The quantitative estimate of drug-likeness (QED) is 0.313. The summed E-state index contributed by atoms with van der Waals surface area (Å²) in [5.41, 5.74) is 4.48. The van der Waals surface area contributed by atoms with Crippen LogP contribution in [0.5, 0.6) is 11.6 Å². The lowest BCUT2D eigenvalue weighted by atomic mass is 9.69.